The van der Waals surface area contributed by atoms with E-state index in [0.717, 1.165) is 18.7 Å². The van der Waals surface area contributed by atoms with Crippen molar-refractivity contribution in [1.29, 1.82) is 0 Å². The van der Waals surface area contributed by atoms with Gasteiger partial charge in [0.05, 0.1) is 26.4 Å². The Morgan fingerprint density at radius 3 is 2.48 bits per heavy atom. The smallest absolute Gasteiger partial charge is 0.165 e. The molecule has 0 aromatic heterocycles. The number of benzene rings is 2. The van der Waals surface area contributed by atoms with Crippen LogP contribution in [0.1, 0.15) is 23.1 Å². The van der Waals surface area contributed by atoms with E-state index in [9.17, 15) is 9.50 Å². The second-order valence-corrected chi connectivity index (χ2v) is 6.27. The van der Waals surface area contributed by atoms with Crippen molar-refractivity contribution in [2.75, 3.05) is 40.0 Å². The van der Waals surface area contributed by atoms with Crippen LogP contribution in [0.4, 0.5) is 4.39 Å². The Labute approximate surface area is 147 Å². The molecule has 134 valence electrons. The van der Waals surface area contributed by atoms with Gasteiger partial charge in [-0.05, 0) is 23.3 Å². The Hall–Kier alpha value is -1.95. The number of ether oxygens (including phenoxy) is 2. The SMILES string of the molecule is COc1ccc([C@H](O)[C@H](CN2CCOCC2)c2ccccc2)cc1F. The summed E-state index contributed by atoms with van der Waals surface area (Å²) < 4.78 is 24.4. The zero-order valence-electron chi connectivity index (χ0n) is 14.4. The zero-order chi connectivity index (χ0) is 17.6. The van der Waals surface area contributed by atoms with Gasteiger partial charge in [0.1, 0.15) is 0 Å². The van der Waals surface area contributed by atoms with Gasteiger partial charge in [-0.1, -0.05) is 36.4 Å². The monoisotopic (exact) mass is 345 g/mol. The molecule has 2 aromatic rings. The first-order chi connectivity index (χ1) is 12.2. The van der Waals surface area contributed by atoms with E-state index >= 15 is 0 Å². The predicted octanol–water partition coefficient (Wildman–Crippen LogP) is 2.98. The molecule has 5 heteroatoms. The fourth-order valence-corrected chi connectivity index (χ4v) is 3.25. The highest BCUT2D eigenvalue weighted by Gasteiger charge is 2.26. The summed E-state index contributed by atoms with van der Waals surface area (Å²) in [6, 6.07) is 14.5. The van der Waals surface area contributed by atoms with Crippen LogP contribution in [0.5, 0.6) is 5.75 Å². The van der Waals surface area contributed by atoms with Crippen LogP contribution in [0.15, 0.2) is 48.5 Å². The normalized spacial score (nSPS) is 17.9. The number of morpholine rings is 1. The minimum atomic E-state index is -0.800. The molecule has 0 amide bonds. The summed E-state index contributed by atoms with van der Waals surface area (Å²) in [5.74, 6) is -0.426. The number of aliphatic hydroxyl groups is 1. The highest BCUT2D eigenvalue weighted by molar-refractivity contribution is 5.33. The maximum absolute atomic E-state index is 14.1. The third-order valence-corrected chi connectivity index (χ3v) is 4.68. The van der Waals surface area contributed by atoms with Gasteiger partial charge in [0.25, 0.3) is 0 Å². The molecule has 4 nitrogen and oxygen atoms in total. The molecular formula is C20H24FNO3. The molecule has 0 radical (unpaired) electrons. The van der Waals surface area contributed by atoms with E-state index in [1.807, 2.05) is 30.3 Å². The van der Waals surface area contributed by atoms with Gasteiger partial charge in [-0.2, -0.15) is 0 Å². The number of aliphatic hydroxyl groups excluding tert-OH is 1. The number of methoxy groups -OCH3 is 1. The number of halogens is 1. The molecule has 1 saturated heterocycles. The molecule has 0 unspecified atom stereocenters. The molecular weight excluding hydrogens is 321 g/mol. The summed E-state index contributed by atoms with van der Waals surface area (Å²) >= 11 is 0. The lowest BCUT2D eigenvalue weighted by Crippen LogP contribution is -2.40. The molecule has 1 aliphatic rings. The molecule has 1 N–H and O–H groups in total. The number of nitrogens with zero attached hydrogens (tertiary/aromatic N) is 1. The summed E-state index contributed by atoms with van der Waals surface area (Å²) in [5, 5.41) is 11.0. The summed E-state index contributed by atoms with van der Waals surface area (Å²) in [6.07, 6.45) is -0.800. The van der Waals surface area contributed by atoms with Crippen LogP contribution in [0.2, 0.25) is 0 Å². The Morgan fingerprint density at radius 2 is 1.84 bits per heavy atom. The van der Waals surface area contributed by atoms with E-state index in [-0.39, 0.29) is 11.7 Å². The van der Waals surface area contributed by atoms with E-state index in [0.29, 0.717) is 25.3 Å². The molecule has 1 fully saturated rings. The van der Waals surface area contributed by atoms with Crippen LogP contribution in [-0.2, 0) is 4.74 Å². The van der Waals surface area contributed by atoms with Gasteiger partial charge >= 0.3 is 0 Å². The lowest BCUT2D eigenvalue weighted by atomic mass is 9.88. The molecule has 1 aliphatic heterocycles. The van der Waals surface area contributed by atoms with Crippen molar-refractivity contribution in [2.24, 2.45) is 0 Å². The van der Waals surface area contributed by atoms with Crippen LogP contribution in [0, 0.1) is 5.82 Å². The van der Waals surface area contributed by atoms with Crippen LogP contribution < -0.4 is 4.74 Å². The van der Waals surface area contributed by atoms with Gasteiger partial charge in [-0.3, -0.25) is 4.90 Å². The summed E-state index contributed by atoms with van der Waals surface area (Å²) in [4.78, 5) is 2.28. The highest BCUT2D eigenvalue weighted by atomic mass is 19.1. The van der Waals surface area contributed by atoms with Crippen molar-refractivity contribution in [2.45, 2.75) is 12.0 Å². The minimum Gasteiger partial charge on any atom is -0.494 e. The lowest BCUT2D eigenvalue weighted by Gasteiger charge is -2.33. The largest absolute Gasteiger partial charge is 0.494 e. The van der Waals surface area contributed by atoms with Crippen molar-refractivity contribution in [1.82, 2.24) is 4.90 Å². The molecule has 0 bridgehead atoms. The second kappa shape index (κ2) is 8.43. The first-order valence-electron chi connectivity index (χ1n) is 8.55. The first kappa shape index (κ1) is 17.9. The average Bonchev–Trinajstić information content (AvgIpc) is 2.67. The van der Waals surface area contributed by atoms with Crippen LogP contribution in [-0.4, -0.2) is 50.0 Å². The molecule has 2 atom stereocenters. The number of hydrogen-bond donors (Lipinski definition) is 1. The third kappa shape index (κ3) is 4.37. The quantitative estimate of drug-likeness (QED) is 0.874. The maximum Gasteiger partial charge on any atom is 0.165 e. The highest BCUT2D eigenvalue weighted by Crippen LogP contribution is 2.33. The Balaban J connectivity index is 1.86. The zero-order valence-corrected chi connectivity index (χ0v) is 14.4. The van der Waals surface area contributed by atoms with E-state index in [2.05, 4.69) is 4.90 Å². The Morgan fingerprint density at radius 1 is 1.12 bits per heavy atom. The number of rotatable bonds is 6. The van der Waals surface area contributed by atoms with Gasteiger partial charge in [-0.25, -0.2) is 4.39 Å². The standard InChI is InChI=1S/C20H24FNO3/c1-24-19-8-7-16(13-18(19)21)20(23)17(15-5-3-2-4-6-15)14-22-9-11-25-12-10-22/h2-8,13,17,20,23H,9-12,14H2,1H3/t17-,20+/m1/s1. The third-order valence-electron chi connectivity index (χ3n) is 4.68. The Kier molecular flexibility index (Phi) is 6.02. The van der Waals surface area contributed by atoms with Crippen LogP contribution in [0.25, 0.3) is 0 Å². The van der Waals surface area contributed by atoms with Crippen molar-refractivity contribution in [3.05, 3.63) is 65.5 Å². The molecule has 0 saturated carbocycles. The van der Waals surface area contributed by atoms with Crippen molar-refractivity contribution in [3.8, 4) is 5.75 Å². The van der Waals surface area contributed by atoms with Gasteiger partial charge in [0.15, 0.2) is 11.6 Å². The summed E-state index contributed by atoms with van der Waals surface area (Å²) in [6.45, 7) is 3.78. The topological polar surface area (TPSA) is 41.9 Å². The fraction of sp³-hybridized carbons (Fsp3) is 0.400. The first-order valence-corrected chi connectivity index (χ1v) is 8.55. The molecule has 0 spiro atoms. The Bertz CT molecular complexity index is 674. The van der Waals surface area contributed by atoms with Crippen LogP contribution >= 0.6 is 0 Å². The van der Waals surface area contributed by atoms with Gasteiger partial charge in [-0.15, -0.1) is 0 Å². The molecule has 2 aromatic carbocycles. The lowest BCUT2D eigenvalue weighted by molar-refractivity contribution is 0.0239. The summed E-state index contributed by atoms with van der Waals surface area (Å²) in [7, 11) is 1.43. The van der Waals surface area contributed by atoms with Crippen molar-refractivity contribution >= 4 is 0 Å². The molecule has 3 rings (SSSR count). The fourth-order valence-electron chi connectivity index (χ4n) is 3.25. The van der Waals surface area contributed by atoms with E-state index < -0.39 is 11.9 Å². The van der Waals surface area contributed by atoms with E-state index in [4.69, 9.17) is 9.47 Å². The van der Waals surface area contributed by atoms with Gasteiger partial charge in [0.2, 0.25) is 0 Å². The summed E-state index contributed by atoms with van der Waals surface area (Å²) in [5.41, 5.74) is 1.60. The van der Waals surface area contributed by atoms with Crippen molar-refractivity contribution < 1.29 is 19.0 Å². The van der Waals surface area contributed by atoms with Gasteiger partial charge in [0, 0.05) is 25.6 Å². The van der Waals surface area contributed by atoms with Crippen LogP contribution in [0.3, 0.4) is 0 Å². The molecule has 0 aliphatic carbocycles. The predicted molar refractivity (Wildman–Crippen MR) is 94.4 cm³/mol. The van der Waals surface area contributed by atoms with Gasteiger partial charge < -0.3 is 14.6 Å². The van der Waals surface area contributed by atoms with Crippen molar-refractivity contribution in [3.63, 3.8) is 0 Å². The molecule has 25 heavy (non-hydrogen) atoms. The number of hydrogen-bond acceptors (Lipinski definition) is 4. The molecule has 1 heterocycles. The average molecular weight is 345 g/mol. The maximum atomic E-state index is 14.1. The second-order valence-electron chi connectivity index (χ2n) is 6.27. The van der Waals surface area contributed by atoms with E-state index in [1.54, 1.807) is 12.1 Å². The van der Waals surface area contributed by atoms with E-state index in [1.165, 1.54) is 13.2 Å². The minimum absolute atomic E-state index is 0.146.